The van der Waals surface area contributed by atoms with Crippen LogP contribution >= 0.6 is 23.2 Å². The lowest BCUT2D eigenvalue weighted by atomic mass is 9.75. The first-order chi connectivity index (χ1) is 8.17. The number of ether oxygens (including phenoxy) is 1. The maximum Gasteiger partial charge on any atom is 0.0624 e. The normalized spacial score (nSPS) is 19.2. The number of rotatable bonds is 3. The molecule has 0 atom stereocenters. The fourth-order valence-corrected chi connectivity index (χ4v) is 2.73. The molecule has 0 bridgehead atoms. The lowest BCUT2D eigenvalue weighted by Crippen LogP contribution is -2.38. The Morgan fingerprint density at radius 3 is 2.59 bits per heavy atom. The number of hydrogen-bond acceptors (Lipinski definition) is 2. The van der Waals surface area contributed by atoms with Crippen LogP contribution < -0.4 is 5.73 Å². The molecular weight excluding hydrogens is 257 g/mol. The molecule has 2 rings (SSSR count). The predicted molar refractivity (Wildman–Crippen MR) is 71.7 cm³/mol. The van der Waals surface area contributed by atoms with E-state index < -0.39 is 0 Å². The van der Waals surface area contributed by atoms with Crippen LogP contribution in [0.15, 0.2) is 18.2 Å². The SMILES string of the molecule is NCC1(Cc2cccc(Cl)c2Cl)CCOCC1. The van der Waals surface area contributed by atoms with E-state index in [1.54, 1.807) is 0 Å². The second-order valence-corrected chi connectivity index (χ2v) is 5.49. The van der Waals surface area contributed by atoms with Crippen molar-refractivity contribution in [3.05, 3.63) is 33.8 Å². The standard InChI is InChI=1S/C13H17Cl2NO/c14-11-3-1-2-10(12(11)15)8-13(9-16)4-6-17-7-5-13/h1-3H,4-9,16H2. The Hall–Kier alpha value is -0.280. The van der Waals surface area contributed by atoms with E-state index in [9.17, 15) is 0 Å². The van der Waals surface area contributed by atoms with Gasteiger partial charge in [0.05, 0.1) is 10.0 Å². The maximum atomic E-state index is 6.23. The Morgan fingerprint density at radius 2 is 1.94 bits per heavy atom. The zero-order valence-electron chi connectivity index (χ0n) is 9.72. The van der Waals surface area contributed by atoms with Crippen LogP contribution in [0.5, 0.6) is 0 Å². The molecule has 0 aliphatic carbocycles. The van der Waals surface area contributed by atoms with Crippen molar-refractivity contribution >= 4 is 23.2 Å². The molecule has 1 heterocycles. The third-order valence-electron chi connectivity index (χ3n) is 3.58. The molecule has 2 N–H and O–H groups in total. The summed E-state index contributed by atoms with van der Waals surface area (Å²) < 4.78 is 5.40. The summed E-state index contributed by atoms with van der Waals surface area (Å²) in [5, 5.41) is 1.27. The molecule has 0 aromatic heterocycles. The summed E-state index contributed by atoms with van der Waals surface area (Å²) >= 11 is 12.3. The minimum atomic E-state index is 0.118. The van der Waals surface area contributed by atoms with Gasteiger partial charge in [-0.2, -0.15) is 0 Å². The van der Waals surface area contributed by atoms with Gasteiger partial charge in [0, 0.05) is 13.2 Å². The topological polar surface area (TPSA) is 35.2 Å². The van der Waals surface area contributed by atoms with Crippen LogP contribution in [0, 0.1) is 5.41 Å². The largest absolute Gasteiger partial charge is 0.381 e. The lowest BCUT2D eigenvalue weighted by molar-refractivity contribution is 0.0191. The molecule has 0 saturated carbocycles. The Bertz CT molecular complexity index is 389. The van der Waals surface area contributed by atoms with Crippen molar-refractivity contribution in [3.63, 3.8) is 0 Å². The van der Waals surface area contributed by atoms with Crippen molar-refractivity contribution < 1.29 is 4.74 Å². The van der Waals surface area contributed by atoms with Crippen molar-refractivity contribution in [1.82, 2.24) is 0 Å². The first-order valence-electron chi connectivity index (χ1n) is 5.88. The summed E-state index contributed by atoms with van der Waals surface area (Å²) in [6.07, 6.45) is 2.87. The molecular formula is C13H17Cl2NO. The number of halogens is 2. The highest BCUT2D eigenvalue weighted by Crippen LogP contribution is 2.36. The molecule has 0 unspecified atom stereocenters. The molecule has 1 fully saturated rings. The number of benzene rings is 1. The van der Waals surface area contributed by atoms with Gasteiger partial charge in [0.15, 0.2) is 0 Å². The van der Waals surface area contributed by atoms with Gasteiger partial charge in [0.1, 0.15) is 0 Å². The highest BCUT2D eigenvalue weighted by molar-refractivity contribution is 6.42. The zero-order valence-corrected chi connectivity index (χ0v) is 11.2. The second-order valence-electron chi connectivity index (χ2n) is 4.71. The van der Waals surface area contributed by atoms with Crippen LogP contribution in [0.1, 0.15) is 18.4 Å². The molecule has 4 heteroatoms. The summed E-state index contributed by atoms with van der Waals surface area (Å²) in [5.74, 6) is 0. The third-order valence-corrected chi connectivity index (χ3v) is 4.44. The van der Waals surface area contributed by atoms with Crippen LogP contribution in [0.4, 0.5) is 0 Å². The molecule has 17 heavy (non-hydrogen) atoms. The Morgan fingerprint density at radius 1 is 1.24 bits per heavy atom. The van der Waals surface area contributed by atoms with Gasteiger partial charge in [-0.25, -0.2) is 0 Å². The Kier molecular flexibility index (Phi) is 4.31. The fraction of sp³-hybridized carbons (Fsp3) is 0.538. The molecule has 94 valence electrons. The summed E-state index contributed by atoms with van der Waals surface area (Å²) in [4.78, 5) is 0. The van der Waals surface area contributed by atoms with E-state index in [0.29, 0.717) is 16.6 Å². The van der Waals surface area contributed by atoms with E-state index in [1.807, 2.05) is 18.2 Å². The number of nitrogens with two attached hydrogens (primary N) is 1. The summed E-state index contributed by atoms with van der Waals surface area (Å²) in [7, 11) is 0. The van der Waals surface area contributed by atoms with E-state index in [1.165, 1.54) is 0 Å². The van der Waals surface area contributed by atoms with Gasteiger partial charge in [-0.1, -0.05) is 35.3 Å². The molecule has 2 nitrogen and oxygen atoms in total. The van der Waals surface area contributed by atoms with E-state index in [2.05, 4.69) is 0 Å². The first-order valence-corrected chi connectivity index (χ1v) is 6.63. The molecule has 1 aromatic carbocycles. The van der Waals surface area contributed by atoms with Crippen LogP contribution in [-0.4, -0.2) is 19.8 Å². The van der Waals surface area contributed by atoms with Gasteiger partial charge in [0.25, 0.3) is 0 Å². The molecule has 0 amide bonds. The molecule has 1 aliphatic rings. The van der Waals surface area contributed by atoms with Crippen LogP contribution in [0.2, 0.25) is 10.0 Å². The van der Waals surface area contributed by atoms with E-state index in [-0.39, 0.29) is 5.41 Å². The summed E-state index contributed by atoms with van der Waals surface area (Å²) in [6, 6.07) is 5.78. The maximum absolute atomic E-state index is 6.23. The second kappa shape index (κ2) is 5.57. The zero-order chi connectivity index (χ0) is 12.3. The average molecular weight is 274 g/mol. The van der Waals surface area contributed by atoms with Gasteiger partial charge in [-0.15, -0.1) is 0 Å². The van der Waals surface area contributed by atoms with Crippen molar-refractivity contribution in [2.24, 2.45) is 11.1 Å². The van der Waals surface area contributed by atoms with E-state index in [0.717, 1.165) is 38.0 Å². The van der Waals surface area contributed by atoms with Crippen molar-refractivity contribution in [2.45, 2.75) is 19.3 Å². The quantitative estimate of drug-likeness (QED) is 0.917. The summed E-state index contributed by atoms with van der Waals surface area (Å²) in [6.45, 7) is 2.24. The molecule has 1 aromatic rings. The predicted octanol–water partition coefficient (Wildman–Crippen LogP) is 3.29. The van der Waals surface area contributed by atoms with Gasteiger partial charge >= 0.3 is 0 Å². The molecule has 1 saturated heterocycles. The van der Waals surface area contributed by atoms with Crippen molar-refractivity contribution in [3.8, 4) is 0 Å². The van der Waals surface area contributed by atoms with Crippen molar-refractivity contribution in [2.75, 3.05) is 19.8 Å². The van der Waals surface area contributed by atoms with Crippen LogP contribution in [0.3, 0.4) is 0 Å². The lowest BCUT2D eigenvalue weighted by Gasteiger charge is -2.36. The first kappa shape index (κ1) is 13.2. The smallest absolute Gasteiger partial charge is 0.0624 e. The van der Waals surface area contributed by atoms with Gasteiger partial charge in [-0.05, 0) is 42.9 Å². The van der Waals surface area contributed by atoms with Gasteiger partial charge < -0.3 is 10.5 Å². The highest BCUT2D eigenvalue weighted by Gasteiger charge is 2.32. The monoisotopic (exact) mass is 273 g/mol. The van der Waals surface area contributed by atoms with E-state index >= 15 is 0 Å². The van der Waals surface area contributed by atoms with Crippen LogP contribution in [0.25, 0.3) is 0 Å². The molecule has 1 aliphatic heterocycles. The van der Waals surface area contributed by atoms with E-state index in [4.69, 9.17) is 33.7 Å². The minimum absolute atomic E-state index is 0.118. The summed E-state index contributed by atoms with van der Waals surface area (Å²) in [5.41, 5.74) is 7.15. The van der Waals surface area contributed by atoms with Crippen LogP contribution in [-0.2, 0) is 11.2 Å². The average Bonchev–Trinajstić information content (AvgIpc) is 2.36. The van der Waals surface area contributed by atoms with Gasteiger partial charge in [-0.3, -0.25) is 0 Å². The fourth-order valence-electron chi connectivity index (χ4n) is 2.35. The molecule has 0 spiro atoms. The Balaban J connectivity index is 2.20. The minimum Gasteiger partial charge on any atom is -0.381 e. The molecule has 0 radical (unpaired) electrons. The highest BCUT2D eigenvalue weighted by atomic mass is 35.5. The van der Waals surface area contributed by atoms with Gasteiger partial charge in [0.2, 0.25) is 0 Å². The number of hydrogen-bond donors (Lipinski definition) is 1. The third kappa shape index (κ3) is 2.94. The van der Waals surface area contributed by atoms with Crippen molar-refractivity contribution in [1.29, 1.82) is 0 Å². The Labute approximate surface area is 112 Å².